The Kier molecular flexibility index (Phi) is 5.77. The summed E-state index contributed by atoms with van der Waals surface area (Å²) in [5, 5.41) is 6.11. The Morgan fingerprint density at radius 1 is 1.44 bits per heavy atom. The number of likely N-dealkylation sites (tertiary alicyclic amines) is 1. The molecule has 1 rings (SSSR count). The van der Waals surface area contributed by atoms with Crippen LogP contribution in [0.25, 0.3) is 0 Å². The topological polar surface area (TPSA) is 44.4 Å². The molecule has 1 saturated heterocycles. The van der Waals surface area contributed by atoms with Crippen LogP contribution in [-0.2, 0) is 4.79 Å². The first-order valence-electron chi connectivity index (χ1n) is 6.24. The summed E-state index contributed by atoms with van der Waals surface area (Å²) in [5.41, 5.74) is 0. The van der Waals surface area contributed by atoms with Crippen molar-refractivity contribution < 1.29 is 4.79 Å². The molecule has 1 aliphatic rings. The molecule has 4 nitrogen and oxygen atoms in total. The summed E-state index contributed by atoms with van der Waals surface area (Å²) in [4.78, 5) is 13.5. The molecule has 1 unspecified atom stereocenters. The third-order valence-electron chi connectivity index (χ3n) is 3.36. The van der Waals surface area contributed by atoms with Crippen molar-refractivity contribution in [3.8, 4) is 0 Å². The van der Waals surface area contributed by atoms with Crippen LogP contribution < -0.4 is 10.6 Å². The Balaban J connectivity index is 2.12. The molecular weight excluding hydrogens is 202 g/mol. The summed E-state index contributed by atoms with van der Waals surface area (Å²) in [6.07, 6.45) is 3.12. The monoisotopic (exact) mass is 227 g/mol. The third kappa shape index (κ3) is 4.94. The minimum Gasteiger partial charge on any atom is -0.359 e. The molecule has 1 atom stereocenters. The molecule has 1 fully saturated rings. The number of nitrogens with zero attached hydrogens (tertiary/aromatic N) is 1. The Bertz CT molecular complexity index is 212. The van der Waals surface area contributed by atoms with Crippen molar-refractivity contribution in [2.45, 2.75) is 32.2 Å². The van der Waals surface area contributed by atoms with Gasteiger partial charge in [-0.25, -0.2) is 0 Å². The van der Waals surface area contributed by atoms with E-state index in [-0.39, 0.29) is 11.9 Å². The molecule has 0 radical (unpaired) electrons. The van der Waals surface area contributed by atoms with Crippen LogP contribution in [0, 0.1) is 5.92 Å². The summed E-state index contributed by atoms with van der Waals surface area (Å²) in [6.45, 7) is 5.53. The molecule has 0 bridgehead atoms. The first-order chi connectivity index (χ1) is 7.61. The van der Waals surface area contributed by atoms with Crippen molar-refractivity contribution in [1.82, 2.24) is 15.5 Å². The second-order valence-electron chi connectivity index (χ2n) is 4.93. The highest BCUT2D eigenvalue weighted by Crippen LogP contribution is 2.14. The zero-order valence-corrected chi connectivity index (χ0v) is 10.8. The highest BCUT2D eigenvalue weighted by atomic mass is 16.1. The van der Waals surface area contributed by atoms with Crippen LogP contribution in [0.5, 0.6) is 0 Å². The van der Waals surface area contributed by atoms with Crippen molar-refractivity contribution in [2.24, 2.45) is 5.92 Å². The van der Waals surface area contributed by atoms with Gasteiger partial charge in [-0.05, 0) is 52.4 Å². The molecule has 1 heterocycles. The number of rotatable bonds is 5. The van der Waals surface area contributed by atoms with Gasteiger partial charge in [-0.2, -0.15) is 0 Å². The third-order valence-corrected chi connectivity index (χ3v) is 3.36. The fourth-order valence-corrected chi connectivity index (χ4v) is 2.09. The number of amides is 1. The lowest BCUT2D eigenvalue weighted by Gasteiger charge is -2.29. The summed E-state index contributed by atoms with van der Waals surface area (Å²) in [7, 11) is 3.86. The van der Waals surface area contributed by atoms with Crippen molar-refractivity contribution in [1.29, 1.82) is 0 Å². The van der Waals surface area contributed by atoms with Gasteiger partial charge in [0.15, 0.2) is 0 Å². The lowest BCUT2D eigenvalue weighted by molar-refractivity contribution is -0.121. The zero-order chi connectivity index (χ0) is 12.0. The summed E-state index contributed by atoms with van der Waals surface area (Å²) in [6, 6.07) is 0.277. The van der Waals surface area contributed by atoms with Crippen molar-refractivity contribution in [2.75, 3.05) is 33.7 Å². The van der Waals surface area contributed by atoms with E-state index in [4.69, 9.17) is 0 Å². The molecule has 0 aromatic rings. The average Bonchev–Trinajstić information content (AvgIpc) is 2.28. The smallest absolute Gasteiger partial charge is 0.221 e. The predicted octanol–water partition coefficient (Wildman–Crippen LogP) is 0.442. The Morgan fingerprint density at radius 3 is 2.62 bits per heavy atom. The number of nitrogens with one attached hydrogen (secondary N) is 2. The molecule has 1 aliphatic heterocycles. The molecule has 0 aliphatic carbocycles. The van der Waals surface area contributed by atoms with E-state index in [9.17, 15) is 4.79 Å². The number of hydrogen-bond donors (Lipinski definition) is 2. The van der Waals surface area contributed by atoms with Crippen LogP contribution in [0.15, 0.2) is 0 Å². The van der Waals surface area contributed by atoms with Crippen molar-refractivity contribution >= 4 is 5.91 Å². The normalized spacial score (nSPS) is 20.7. The van der Waals surface area contributed by atoms with Gasteiger partial charge in [0.25, 0.3) is 0 Å². The van der Waals surface area contributed by atoms with Crippen LogP contribution in [0.3, 0.4) is 0 Å². The minimum absolute atomic E-state index is 0.114. The van der Waals surface area contributed by atoms with E-state index >= 15 is 0 Å². The number of hydrogen-bond acceptors (Lipinski definition) is 3. The fourth-order valence-electron chi connectivity index (χ4n) is 2.09. The standard InChI is InChI=1S/C12H25N3O/c1-10(8-12(16)13-2)14-9-11-4-6-15(3)7-5-11/h10-11,14H,4-9H2,1-3H3,(H,13,16). The van der Waals surface area contributed by atoms with E-state index < -0.39 is 0 Å². The van der Waals surface area contributed by atoms with Crippen LogP contribution in [0.2, 0.25) is 0 Å². The summed E-state index contributed by atoms with van der Waals surface area (Å²) < 4.78 is 0. The molecule has 4 heteroatoms. The lowest BCUT2D eigenvalue weighted by Crippen LogP contribution is -2.39. The van der Waals surface area contributed by atoms with E-state index in [1.54, 1.807) is 7.05 Å². The molecule has 94 valence electrons. The lowest BCUT2D eigenvalue weighted by atomic mass is 9.97. The molecule has 2 N–H and O–H groups in total. The Labute approximate surface area is 98.8 Å². The van der Waals surface area contributed by atoms with Gasteiger partial charge in [0.1, 0.15) is 0 Å². The van der Waals surface area contributed by atoms with Gasteiger partial charge < -0.3 is 15.5 Å². The summed E-state index contributed by atoms with van der Waals surface area (Å²) in [5.74, 6) is 0.895. The Morgan fingerprint density at radius 2 is 2.06 bits per heavy atom. The van der Waals surface area contributed by atoms with E-state index in [1.165, 1.54) is 25.9 Å². The van der Waals surface area contributed by atoms with E-state index in [0.29, 0.717) is 6.42 Å². The molecule has 0 aromatic heterocycles. The van der Waals surface area contributed by atoms with E-state index in [1.807, 2.05) is 0 Å². The molecule has 1 amide bonds. The van der Waals surface area contributed by atoms with E-state index in [2.05, 4.69) is 29.5 Å². The van der Waals surface area contributed by atoms with Crippen LogP contribution >= 0.6 is 0 Å². The van der Waals surface area contributed by atoms with Gasteiger partial charge in [0.2, 0.25) is 5.91 Å². The largest absolute Gasteiger partial charge is 0.359 e. The molecular formula is C12H25N3O. The summed E-state index contributed by atoms with van der Waals surface area (Å²) >= 11 is 0. The second-order valence-corrected chi connectivity index (χ2v) is 4.93. The molecule has 0 saturated carbocycles. The maximum atomic E-state index is 11.2. The quantitative estimate of drug-likeness (QED) is 0.716. The van der Waals surface area contributed by atoms with Crippen molar-refractivity contribution in [3.05, 3.63) is 0 Å². The number of carbonyl (C=O) groups is 1. The number of carbonyl (C=O) groups excluding carboxylic acids is 1. The average molecular weight is 227 g/mol. The first-order valence-corrected chi connectivity index (χ1v) is 6.24. The van der Waals surface area contributed by atoms with Gasteiger partial charge in [-0.1, -0.05) is 0 Å². The maximum Gasteiger partial charge on any atom is 0.221 e. The van der Waals surface area contributed by atoms with Crippen molar-refractivity contribution in [3.63, 3.8) is 0 Å². The van der Waals surface area contributed by atoms with E-state index in [0.717, 1.165) is 12.5 Å². The fraction of sp³-hybridized carbons (Fsp3) is 0.917. The highest BCUT2D eigenvalue weighted by molar-refractivity contribution is 5.76. The molecule has 16 heavy (non-hydrogen) atoms. The Hall–Kier alpha value is -0.610. The predicted molar refractivity (Wildman–Crippen MR) is 66.4 cm³/mol. The van der Waals surface area contributed by atoms with Crippen LogP contribution in [-0.4, -0.2) is 50.6 Å². The molecule has 0 spiro atoms. The van der Waals surface area contributed by atoms with Gasteiger partial charge in [0, 0.05) is 19.5 Å². The van der Waals surface area contributed by atoms with Gasteiger partial charge in [-0.3, -0.25) is 4.79 Å². The molecule has 0 aromatic carbocycles. The number of piperidine rings is 1. The van der Waals surface area contributed by atoms with Gasteiger partial charge in [0.05, 0.1) is 0 Å². The van der Waals surface area contributed by atoms with Crippen LogP contribution in [0.4, 0.5) is 0 Å². The highest BCUT2D eigenvalue weighted by Gasteiger charge is 2.17. The maximum absolute atomic E-state index is 11.2. The van der Waals surface area contributed by atoms with Gasteiger partial charge >= 0.3 is 0 Å². The SMILES string of the molecule is CNC(=O)CC(C)NCC1CCN(C)CC1. The zero-order valence-electron chi connectivity index (χ0n) is 10.8. The first kappa shape index (κ1) is 13.5. The second kappa shape index (κ2) is 6.86. The minimum atomic E-state index is 0.114. The van der Waals surface area contributed by atoms with Gasteiger partial charge in [-0.15, -0.1) is 0 Å². The van der Waals surface area contributed by atoms with Crippen LogP contribution in [0.1, 0.15) is 26.2 Å².